The van der Waals surface area contributed by atoms with E-state index in [1.165, 1.54) is 0 Å². The van der Waals surface area contributed by atoms with Crippen LogP contribution in [0.5, 0.6) is 0 Å². The van der Waals surface area contributed by atoms with E-state index in [0.717, 1.165) is 29.2 Å². The minimum absolute atomic E-state index is 0.0408. The van der Waals surface area contributed by atoms with Gasteiger partial charge in [0, 0.05) is 31.2 Å². The molecule has 1 saturated carbocycles. The highest BCUT2D eigenvalue weighted by Gasteiger charge is 2.61. The molecule has 2 aliphatic rings. The molecule has 1 aliphatic heterocycles. The van der Waals surface area contributed by atoms with Gasteiger partial charge in [0.1, 0.15) is 5.54 Å². The van der Waals surface area contributed by atoms with E-state index < -0.39 is 5.54 Å². The third-order valence-electron chi connectivity index (χ3n) is 7.41. The molecule has 8 heteroatoms. The van der Waals surface area contributed by atoms with Crippen LogP contribution in [0.3, 0.4) is 0 Å². The smallest absolute Gasteiger partial charge is 0.251 e. The second-order valence-corrected chi connectivity index (χ2v) is 10.6. The highest BCUT2D eigenvalue weighted by atomic mass is 35.5. The largest absolute Gasteiger partial charge is 0.350 e. The van der Waals surface area contributed by atoms with Gasteiger partial charge in [-0.1, -0.05) is 65.7 Å². The summed E-state index contributed by atoms with van der Waals surface area (Å²) in [6.07, 6.45) is 2.23. The Balaban J connectivity index is 1.30. The van der Waals surface area contributed by atoms with Crippen molar-refractivity contribution >= 4 is 45.8 Å². The van der Waals surface area contributed by atoms with Crippen molar-refractivity contribution in [3.05, 3.63) is 81.8 Å². The molecule has 2 fully saturated rings. The van der Waals surface area contributed by atoms with Crippen LogP contribution in [-0.2, 0) is 11.3 Å². The van der Waals surface area contributed by atoms with E-state index in [0.29, 0.717) is 48.2 Å². The molecule has 1 heterocycles. The van der Waals surface area contributed by atoms with Crippen molar-refractivity contribution < 1.29 is 9.59 Å². The Labute approximate surface area is 221 Å². The monoisotopic (exact) mass is 524 g/mol. The first-order chi connectivity index (χ1) is 17.4. The van der Waals surface area contributed by atoms with E-state index in [1.54, 1.807) is 6.07 Å². The zero-order valence-electron chi connectivity index (χ0n) is 20.0. The fourth-order valence-corrected chi connectivity index (χ4v) is 5.72. The molecule has 188 valence electrons. The van der Waals surface area contributed by atoms with Gasteiger partial charge in [-0.2, -0.15) is 0 Å². The molecule has 0 bridgehead atoms. The number of carbonyl (C=O) groups excluding carboxylic acids is 2. The van der Waals surface area contributed by atoms with E-state index in [2.05, 4.69) is 10.6 Å². The maximum Gasteiger partial charge on any atom is 0.251 e. The Hall–Kier alpha value is -2.64. The molecular formula is C28H30Cl2N4O2. The SMILES string of the molecule is NCCC1CC12N[C@H](CNC(=O)c1ccc3ccccc3c1)CCN(Cc1cccc(Cl)c1Cl)C2=O. The molecule has 0 radical (unpaired) electrons. The van der Waals surface area contributed by atoms with Crippen LogP contribution in [0.25, 0.3) is 10.8 Å². The van der Waals surface area contributed by atoms with Crippen LogP contribution in [0.15, 0.2) is 60.7 Å². The summed E-state index contributed by atoms with van der Waals surface area (Å²) in [6, 6.07) is 19.1. The van der Waals surface area contributed by atoms with Gasteiger partial charge in [-0.3, -0.25) is 14.9 Å². The van der Waals surface area contributed by atoms with E-state index >= 15 is 0 Å². The number of hydrogen-bond acceptors (Lipinski definition) is 4. The zero-order valence-corrected chi connectivity index (χ0v) is 21.5. The molecule has 2 amide bonds. The molecule has 6 nitrogen and oxygen atoms in total. The number of carbonyl (C=O) groups is 2. The molecule has 3 aromatic rings. The average Bonchev–Trinajstić information content (AvgIpc) is 3.61. The lowest BCUT2D eigenvalue weighted by Crippen LogP contribution is -2.52. The van der Waals surface area contributed by atoms with Crippen molar-refractivity contribution in [2.45, 2.75) is 37.4 Å². The van der Waals surface area contributed by atoms with Gasteiger partial charge < -0.3 is 16.0 Å². The fourth-order valence-electron chi connectivity index (χ4n) is 5.34. The van der Waals surface area contributed by atoms with Crippen LogP contribution in [0, 0.1) is 5.92 Å². The van der Waals surface area contributed by atoms with Gasteiger partial charge in [-0.05, 0) is 66.3 Å². The van der Waals surface area contributed by atoms with Crippen LogP contribution >= 0.6 is 23.2 Å². The number of halogens is 2. The Kier molecular flexibility index (Phi) is 7.22. The second kappa shape index (κ2) is 10.4. The number of hydrogen-bond donors (Lipinski definition) is 3. The molecule has 5 rings (SSSR count). The Morgan fingerprint density at radius 1 is 1.11 bits per heavy atom. The summed E-state index contributed by atoms with van der Waals surface area (Å²) in [4.78, 5) is 28.5. The lowest BCUT2D eigenvalue weighted by molar-refractivity contribution is -0.134. The molecule has 1 aliphatic carbocycles. The highest BCUT2D eigenvalue weighted by Crippen LogP contribution is 2.48. The fraction of sp³-hybridized carbons (Fsp3) is 0.357. The second-order valence-electron chi connectivity index (χ2n) is 9.79. The molecule has 36 heavy (non-hydrogen) atoms. The zero-order chi connectivity index (χ0) is 25.3. The van der Waals surface area contributed by atoms with Crippen molar-refractivity contribution in [1.29, 1.82) is 0 Å². The first-order valence-corrected chi connectivity index (χ1v) is 13.1. The molecular weight excluding hydrogens is 495 g/mol. The van der Waals surface area contributed by atoms with Crippen molar-refractivity contribution in [2.24, 2.45) is 11.7 Å². The van der Waals surface area contributed by atoms with Gasteiger partial charge >= 0.3 is 0 Å². The molecule has 1 spiro atoms. The minimum Gasteiger partial charge on any atom is -0.350 e. The van der Waals surface area contributed by atoms with Crippen LogP contribution in [0.1, 0.15) is 35.2 Å². The maximum atomic E-state index is 13.7. The van der Waals surface area contributed by atoms with Crippen molar-refractivity contribution in [3.63, 3.8) is 0 Å². The number of fused-ring (bicyclic) bond motifs is 1. The lowest BCUT2D eigenvalue weighted by Gasteiger charge is -2.26. The van der Waals surface area contributed by atoms with E-state index in [1.807, 2.05) is 59.5 Å². The van der Waals surface area contributed by atoms with E-state index in [9.17, 15) is 9.59 Å². The lowest BCUT2D eigenvalue weighted by atomic mass is 10.1. The normalized spacial score (nSPS) is 23.6. The van der Waals surface area contributed by atoms with Crippen LogP contribution in [0.4, 0.5) is 0 Å². The summed E-state index contributed by atoms with van der Waals surface area (Å²) in [6.45, 7) is 1.92. The van der Waals surface area contributed by atoms with Crippen molar-refractivity contribution in [3.8, 4) is 0 Å². The summed E-state index contributed by atoms with van der Waals surface area (Å²) in [5.74, 6) is 0.133. The summed E-state index contributed by atoms with van der Waals surface area (Å²) < 4.78 is 0. The third kappa shape index (κ3) is 4.96. The first-order valence-electron chi connectivity index (χ1n) is 12.4. The number of nitrogens with one attached hydrogen (secondary N) is 2. The van der Waals surface area contributed by atoms with Crippen LogP contribution in [-0.4, -0.2) is 47.9 Å². The molecule has 1 saturated heterocycles. The number of amides is 2. The highest BCUT2D eigenvalue weighted by molar-refractivity contribution is 6.42. The number of benzene rings is 3. The number of nitrogens with two attached hydrogens (primary N) is 1. The standard InChI is InChI=1S/C28H30Cl2N4O2/c29-24-7-3-6-21(25(24)30)17-34-13-11-23(33-28(27(34)36)15-22(28)10-12-31)16-32-26(35)20-9-8-18-4-1-2-5-19(18)14-20/h1-9,14,22-23,33H,10-13,15-17,31H2,(H,32,35)/t22?,23-,28?/m0/s1. The van der Waals surface area contributed by atoms with Crippen molar-refractivity contribution in [2.75, 3.05) is 19.6 Å². The van der Waals surface area contributed by atoms with Gasteiger partial charge in [-0.15, -0.1) is 0 Å². The molecule has 4 N–H and O–H groups in total. The summed E-state index contributed by atoms with van der Waals surface area (Å²) >= 11 is 12.6. The predicted octanol–water partition coefficient (Wildman–Crippen LogP) is 4.37. The number of rotatable bonds is 7. The van der Waals surface area contributed by atoms with E-state index in [4.69, 9.17) is 28.9 Å². The topological polar surface area (TPSA) is 87.5 Å². The van der Waals surface area contributed by atoms with Gasteiger partial charge in [0.25, 0.3) is 5.91 Å². The molecule has 0 aromatic heterocycles. The molecule has 3 aromatic carbocycles. The average molecular weight is 525 g/mol. The Morgan fingerprint density at radius 3 is 2.72 bits per heavy atom. The maximum absolute atomic E-state index is 13.7. The summed E-state index contributed by atoms with van der Waals surface area (Å²) in [5.41, 5.74) is 6.64. The van der Waals surface area contributed by atoms with Gasteiger partial charge in [0.15, 0.2) is 0 Å². The van der Waals surface area contributed by atoms with Gasteiger partial charge in [0.2, 0.25) is 5.91 Å². The van der Waals surface area contributed by atoms with Crippen molar-refractivity contribution in [1.82, 2.24) is 15.5 Å². The number of nitrogens with zero attached hydrogens (tertiary/aromatic N) is 1. The van der Waals surface area contributed by atoms with E-state index in [-0.39, 0.29) is 23.8 Å². The van der Waals surface area contributed by atoms with Gasteiger partial charge in [-0.25, -0.2) is 0 Å². The van der Waals surface area contributed by atoms with Crippen LogP contribution in [0.2, 0.25) is 10.0 Å². The quantitative estimate of drug-likeness (QED) is 0.428. The Morgan fingerprint density at radius 2 is 1.92 bits per heavy atom. The first kappa shape index (κ1) is 25.0. The third-order valence-corrected chi connectivity index (χ3v) is 8.27. The van der Waals surface area contributed by atoms with Gasteiger partial charge in [0.05, 0.1) is 10.0 Å². The molecule has 3 atom stereocenters. The summed E-state index contributed by atoms with van der Waals surface area (Å²) in [7, 11) is 0. The van der Waals surface area contributed by atoms with Crippen LogP contribution < -0.4 is 16.4 Å². The Bertz CT molecular complexity index is 1300. The summed E-state index contributed by atoms with van der Waals surface area (Å²) in [5, 5.41) is 9.76. The minimum atomic E-state index is -0.640. The predicted molar refractivity (Wildman–Crippen MR) is 144 cm³/mol. The molecule has 2 unspecified atom stereocenters.